The fraction of sp³-hybridized carbons (Fsp3) is 0.429. The van der Waals surface area contributed by atoms with Crippen LogP contribution in [0.4, 0.5) is 0 Å². The third-order valence-corrected chi connectivity index (χ3v) is 3.73. The van der Waals surface area contributed by atoms with Gasteiger partial charge in [0, 0.05) is 12.1 Å². The first kappa shape index (κ1) is 14.3. The van der Waals surface area contributed by atoms with Gasteiger partial charge in [0.15, 0.2) is 24.2 Å². The number of nitrogens with zero attached hydrogens (tertiary/aromatic N) is 2. The second-order valence-corrected chi connectivity index (χ2v) is 5.19. The number of hydrogen-bond acceptors (Lipinski definition) is 6. The predicted octanol–water partition coefficient (Wildman–Crippen LogP) is 1.13. The smallest absolute Gasteiger partial charge is 0.273 e. The average Bonchev–Trinajstić information content (AvgIpc) is 3.23. The first-order valence-corrected chi connectivity index (χ1v) is 7.12. The Kier molecular flexibility index (Phi) is 4.17. The summed E-state index contributed by atoms with van der Waals surface area (Å²) < 4.78 is 9.61. The second-order valence-electron chi connectivity index (χ2n) is 5.19. The van der Waals surface area contributed by atoms with Crippen LogP contribution in [0.2, 0.25) is 0 Å². The van der Waals surface area contributed by atoms with Crippen molar-refractivity contribution in [1.29, 1.82) is 0 Å². The zero-order valence-corrected chi connectivity index (χ0v) is 11.8. The van der Waals surface area contributed by atoms with Gasteiger partial charge in [-0.05, 0) is 12.8 Å². The molecule has 0 unspecified atom stereocenters. The Balaban J connectivity index is 1.63. The summed E-state index contributed by atoms with van der Waals surface area (Å²) in [6, 6.07) is -0.289. The molecule has 2 atom stereocenters. The molecule has 2 aromatic rings. The summed E-state index contributed by atoms with van der Waals surface area (Å²) in [6.07, 6.45) is 8.60. The Hall–Kier alpha value is -2.64. The van der Waals surface area contributed by atoms with Crippen molar-refractivity contribution in [3.63, 3.8) is 0 Å². The van der Waals surface area contributed by atoms with Gasteiger partial charge in [-0.1, -0.05) is 12.8 Å². The van der Waals surface area contributed by atoms with Crippen LogP contribution in [-0.4, -0.2) is 33.9 Å². The van der Waals surface area contributed by atoms with Crippen LogP contribution in [0.15, 0.2) is 34.1 Å². The highest BCUT2D eigenvalue weighted by molar-refractivity contribution is 5.93. The SMILES string of the molecule is O=C(N[C@@H]1CCCC[C@H]1NC(=O)c1cocn1)c1cocn1. The van der Waals surface area contributed by atoms with Gasteiger partial charge in [0.1, 0.15) is 12.5 Å². The molecule has 2 aromatic heterocycles. The molecule has 0 bridgehead atoms. The third-order valence-electron chi connectivity index (χ3n) is 3.73. The van der Waals surface area contributed by atoms with Crippen LogP contribution < -0.4 is 10.6 Å². The maximum Gasteiger partial charge on any atom is 0.273 e. The minimum absolute atomic E-state index is 0.145. The topological polar surface area (TPSA) is 110 Å². The minimum Gasteiger partial charge on any atom is -0.451 e. The van der Waals surface area contributed by atoms with Crippen LogP contribution in [0, 0.1) is 0 Å². The summed E-state index contributed by atoms with van der Waals surface area (Å²) in [5.74, 6) is -0.609. The van der Waals surface area contributed by atoms with Gasteiger partial charge < -0.3 is 19.5 Å². The van der Waals surface area contributed by atoms with Gasteiger partial charge in [-0.15, -0.1) is 0 Å². The highest BCUT2D eigenvalue weighted by atomic mass is 16.3. The molecular formula is C14H16N4O4. The molecule has 1 aliphatic carbocycles. The largest absolute Gasteiger partial charge is 0.451 e. The quantitative estimate of drug-likeness (QED) is 0.876. The molecule has 1 fully saturated rings. The molecule has 1 aliphatic rings. The maximum atomic E-state index is 12.1. The summed E-state index contributed by atoms with van der Waals surface area (Å²) >= 11 is 0. The van der Waals surface area contributed by atoms with Crippen molar-refractivity contribution in [1.82, 2.24) is 20.6 Å². The van der Waals surface area contributed by atoms with Crippen molar-refractivity contribution in [3.05, 3.63) is 36.7 Å². The Morgan fingerprint density at radius 2 is 1.36 bits per heavy atom. The van der Waals surface area contributed by atoms with Crippen LogP contribution in [0.3, 0.4) is 0 Å². The van der Waals surface area contributed by atoms with E-state index in [4.69, 9.17) is 8.83 Å². The molecule has 0 radical (unpaired) electrons. The zero-order chi connectivity index (χ0) is 15.4. The lowest BCUT2D eigenvalue weighted by atomic mass is 9.90. The van der Waals surface area contributed by atoms with Crippen LogP contribution in [0.25, 0.3) is 0 Å². The fourth-order valence-corrected chi connectivity index (χ4v) is 2.61. The molecule has 0 saturated heterocycles. The van der Waals surface area contributed by atoms with E-state index in [1.165, 1.54) is 25.3 Å². The van der Waals surface area contributed by atoms with E-state index < -0.39 is 0 Å². The summed E-state index contributed by atoms with van der Waals surface area (Å²) in [4.78, 5) is 31.8. The van der Waals surface area contributed by atoms with E-state index in [2.05, 4.69) is 20.6 Å². The normalized spacial score (nSPS) is 21.3. The molecule has 8 nitrogen and oxygen atoms in total. The molecule has 1 saturated carbocycles. The number of hydrogen-bond donors (Lipinski definition) is 2. The standard InChI is InChI=1S/C14H16N4O4/c19-13(11-5-21-7-15-11)17-9-3-1-2-4-10(9)18-14(20)12-6-22-8-16-12/h5-10H,1-4H2,(H,17,19)(H,18,20)/t9-,10-/m1/s1. The summed E-state index contributed by atoms with van der Waals surface area (Å²) in [6.45, 7) is 0. The van der Waals surface area contributed by atoms with Gasteiger partial charge >= 0.3 is 0 Å². The molecule has 2 N–H and O–H groups in total. The van der Waals surface area contributed by atoms with Crippen molar-refractivity contribution in [2.75, 3.05) is 0 Å². The maximum absolute atomic E-state index is 12.1. The summed E-state index contributed by atoms with van der Waals surface area (Å²) in [7, 11) is 0. The number of oxazole rings is 2. The van der Waals surface area contributed by atoms with Gasteiger partial charge in [-0.3, -0.25) is 9.59 Å². The molecule has 0 aliphatic heterocycles. The Morgan fingerprint density at radius 1 is 0.909 bits per heavy atom. The Labute approximate surface area is 126 Å². The average molecular weight is 304 g/mol. The molecule has 3 rings (SSSR count). The molecule has 0 aromatic carbocycles. The van der Waals surface area contributed by atoms with E-state index >= 15 is 0 Å². The monoisotopic (exact) mass is 304 g/mol. The molecule has 22 heavy (non-hydrogen) atoms. The Morgan fingerprint density at radius 3 is 1.73 bits per heavy atom. The van der Waals surface area contributed by atoms with Crippen molar-refractivity contribution < 1.29 is 18.4 Å². The van der Waals surface area contributed by atoms with Crippen LogP contribution >= 0.6 is 0 Å². The zero-order valence-electron chi connectivity index (χ0n) is 11.8. The first-order valence-electron chi connectivity index (χ1n) is 7.12. The van der Waals surface area contributed by atoms with Crippen LogP contribution in [-0.2, 0) is 0 Å². The minimum atomic E-state index is -0.304. The highest BCUT2D eigenvalue weighted by Gasteiger charge is 2.29. The lowest BCUT2D eigenvalue weighted by Crippen LogP contribution is -2.53. The van der Waals surface area contributed by atoms with E-state index in [0.717, 1.165) is 25.7 Å². The molecule has 2 heterocycles. The van der Waals surface area contributed by atoms with E-state index in [-0.39, 0.29) is 35.3 Å². The van der Waals surface area contributed by atoms with Crippen molar-refractivity contribution in [2.24, 2.45) is 0 Å². The molecule has 0 spiro atoms. The number of nitrogens with one attached hydrogen (secondary N) is 2. The first-order chi connectivity index (χ1) is 10.7. The van der Waals surface area contributed by atoms with E-state index in [1.54, 1.807) is 0 Å². The van der Waals surface area contributed by atoms with Gasteiger partial charge in [0.25, 0.3) is 11.8 Å². The fourth-order valence-electron chi connectivity index (χ4n) is 2.61. The lowest BCUT2D eigenvalue weighted by molar-refractivity contribution is 0.0857. The van der Waals surface area contributed by atoms with E-state index in [0.29, 0.717) is 0 Å². The molecular weight excluding hydrogens is 288 g/mol. The van der Waals surface area contributed by atoms with Crippen molar-refractivity contribution in [3.8, 4) is 0 Å². The summed E-state index contributed by atoms with van der Waals surface area (Å²) in [5.41, 5.74) is 0.458. The van der Waals surface area contributed by atoms with Crippen LogP contribution in [0.5, 0.6) is 0 Å². The van der Waals surface area contributed by atoms with Gasteiger partial charge in [-0.25, -0.2) is 9.97 Å². The Bertz CT molecular complexity index is 567. The second kappa shape index (κ2) is 6.42. The van der Waals surface area contributed by atoms with Gasteiger partial charge in [-0.2, -0.15) is 0 Å². The third kappa shape index (κ3) is 3.16. The molecule has 116 valence electrons. The number of carbonyl (C=O) groups excluding carboxylic acids is 2. The van der Waals surface area contributed by atoms with E-state index in [9.17, 15) is 9.59 Å². The number of carbonyl (C=O) groups is 2. The van der Waals surface area contributed by atoms with Crippen LogP contribution in [0.1, 0.15) is 46.7 Å². The van der Waals surface area contributed by atoms with Gasteiger partial charge in [0.05, 0.1) is 0 Å². The summed E-state index contributed by atoms with van der Waals surface area (Å²) in [5, 5.41) is 5.80. The molecule has 8 heteroatoms. The highest BCUT2D eigenvalue weighted by Crippen LogP contribution is 2.19. The number of amides is 2. The predicted molar refractivity (Wildman–Crippen MR) is 74.0 cm³/mol. The van der Waals surface area contributed by atoms with Crippen molar-refractivity contribution >= 4 is 11.8 Å². The van der Waals surface area contributed by atoms with Gasteiger partial charge in [0.2, 0.25) is 0 Å². The van der Waals surface area contributed by atoms with Crippen molar-refractivity contribution in [2.45, 2.75) is 37.8 Å². The number of aromatic nitrogens is 2. The molecule has 2 amide bonds. The van der Waals surface area contributed by atoms with E-state index in [1.807, 2.05) is 0 Å². The lowest BCUT2D eigenvalue weighted by Gasteiger charge is -2.32. The number of rotatable bonds is 4.